The van der Waals surface area contributed by atoms with Crippen LogP contribution in [0.3, 0.4) is 0 Å². The minimum absolute atomic E-state index is 0.0577. The van der Waals surface area contributed by atoms with Crippen molar-refractivity contribution in [3.8, 4) is 0 Å². The van der Waals surface area contributed by atoms with E-state index in [2.05, 4.69) is 37.5 Å². The van der Waals surface area contributed by atoms with Gasteiger partial charge >= 0.3 is 0 Å². The van der Waals surface area contributed by atoms with Crippen molar-refractivity contribution in [2.45, 2.75) is 46.6 Å². The van der Waals surface area contributed by atoms with E-state index in [0.717, 1.165) is 30.6 Å². The predicted molar refractivity (Wildman–Crippen MR) is 91.8 cm³/mol. The first-order chi connectivity index (χ1) is 10.4. The Hall–Kier alpha value is -1.39. The number of amides is 1. The monoisotopic (exact) mass is 306 g/mol. The average Bonchev–Trinajstić information content (AvgIpc) is 2.43. The van der Waals surface area contributed by atoms with Crippen LogP contribution in [0.25, 0.3) is 0 Å². The first kappa shape index (κ1) is 18.7. The molecule has 22 heavy (non-hydrogen) atoms. The van der Waals surface area contributed by atoms with E-state index >= 15 is 0 Å². The number of carbonyl (C=O) groups is 1. The van der Waals surface area contributed by atoms with Crippen LogP contribution < -0.4 is 10.6 Å². The quantitative estimate of drug-likeness (QED) is 0.656. The molecule has 2 atom stereocenters. The Morgan fingerprint density at radius 2 is 2.00 bits per heavy atom. The maximum atomic E-state index is 11.1. The molecule has 0 fully saturated rings. The van der Waals surface area contributed by atoms with Gasteiger partial charge < -0.3 is 15.7 Å². The Morgan fingerprint density at radius 3 is 2.59 bits per heavy atom. The van der Waals surface area contributed by atoms with Gasteiger partial charge in [-0.05, 0) is 55.8 Å². The standard InChI is InChI=1S/C18H30N2O2/c1-13(2)10-16(8-9-21)12-19-14(3)17-6-5-7-18(11-17)20-15(4)22/h5-7,11,13-14,16,19,21H,8-10,12H2,1-4H3,(H,20,22). The molecule has 124 valence electrons. The first-order valence-corrected chi connectivity index (χ1v) is 8.14. The second-order valence-corrected chi connectivity index (χ2v) is 6.44. The second kappa shape index (κ2) is 9.59. The molecule has 0 aliphatic heterocycles. The number of aliphatic hydroxyl groups excluding tert-OH is 1. The highest BCUT2D eigenvalue weighted by Crippen LogP contribution is 2.19. The minimum atomic E-state index is -0.0577. The summed E-state index contributed by atoms with van der Waals surface area (Å²) in [6.07, 6.45) is 1.95. The van der Waals surface area contributed by atoms with Crippen LogP contribution in [0.5, 0.6) is 0 Å². The minimum Gasteiger partial charge on any atom is -0.396 e. The van der Waals surface area contributed by atoms with Gasteiger partial charge in [-0.3, -0.25) is 4.79 Å². The highest BCUT2D eigenvalue weighted by Gasteiger charge is 2.13. The van der Waals surface area contributed by atoms with Gasteiger partial charge in [0.2, 0.25) is 5.91 Å². The fourth-order valence-electron chi connectivity index (χ4n) is 2.70. The molecule has 3 N–H and O–H groups in total. The van der Waals surface area contributed by atoms with Crippen LogP contribution in [0.1, 0.15) is 52.1 Å². The molecule has 1 rings (SSSR count). The van der Waals surface area contributed by atoms with Crippen LogP contribution in [0.2, 0.25) is 0 Å². The van der Waals surface area contributed by atoms with Crippen molar-refractivity contribution in [2.75, 3.05) is 18.5 Å². The molecular formula is C18H30N2O2. The summed E-state index contributed by atoms with van der Waals surface area (Å²) in [7, 11) is 0. The normalized spacial score (nSPS) is 13.9. The maximum absolute atomic E-state index is 11.1. The molecule has 0 saturated heterocycles. The molecule has 0 aliphatic rings. The number of rotatable bonds is 9. The molecule has 4 nitrogen and oxygen atoms in total. The molecule has 0 radical (unpaired) electrons. The van der Waals surface area contributed by atoms with Crippen molar-refractivity contribution < 1.29 is 9.90 Å². The van der Waals surface area contributed by atoms with Gasteiger partial charge in [0.1, 0.15) is 0 Å². The topological polar surface area (TPSA) is 61.4 Å². The smallest absolute Gasteiger partial charge is 0.221 e. The second-order valence-electron chi connectivity index (χ2n) is 6.44. The molecule has 0 aliphatic carbocycles. The van der Waals surface area contributed by atoms with E-state index in [1.165, 1.54) is 6.92 Å². The van der Waals surface area contributed by atoms with Gasteiger partial charge in [0.05, 0.1) is 0 Å². The third kappa shape index (κ3) is 7.05. The largest absolute Gasteiger partial charge is 0.396 e. The number of anilines is 1. The number of aliphatic hydroxyl groups is 1. The molecule has 0 bridgehead atoms. The van der Waals surface area contributed by atoms with Crippen molar-refractivity contribution in [2.24, 2.45) is 11.8 Å². The summed E-state index contributed by atoms with van der Waals surface area (Å²) in [6.45, 7) is 9.20. The lowest BCUT2D eigenvalue weighted by atomic mass is 9.94. The van der Waals surface area contributed by atoms with Gasteiger partial charge in [-0.2, -0.15) is 0 Å². The Kier molecular flexibility index (Phi) is 8.13. The van der Waals surface area contributed by atoms with Crippen LogP contribution in [-0.2, 0) is 4.79 Å². The molecule has 0 heterocycles. The van der Waals surface area contributed by atoms with E-state index in [-0.39, 0.29) is 18.6 Å². The number of hydrogen-bond acceptors (Lipinski definition) is 3. The fourth-order valence-corrected chi connectivity index (χ4v) is 2.70. The van der Waals surface area contributed by atoms with Crippen molar-refractivity contribution in [1.82, 2.24) is 5.32 Å². The van der Waals surface area contributed by atoms with E-state index < -0.39 is 0 Å². The van der Waals surface area contributed by atoms with Gasteiger partial charge in [-0.25, -0.2) is 0 Å². The molecule has 1 aromatic rings. The summed E-state index contributed by atoms with van der Waals surface area (Å²) < 4.78 is 0. The molecule has 0 spiro atoms. The zero-order valence-corrected chi connectivity index (χ0v) is 14.2. The zero-order valence-electron chi connectivity index (χ0n) is 14.2. The molecule has 4 heteroatoms. The summed E-state index contributed by atoms with van der Waals surface area (Å²) in [5.41, 5.74) is 1.98. The summed E-state index contributed by atoms with van der Waals surface area (Å²) in [4.78, 5) is 11.1. The van der Waals surface area contributed by atoms with Gasteiger partial charge in [0, 0.05) is 25.3 Å². The summed E-state index contributed by atoms with van der Waals surface area (Å²) in [5, 5.41) is 15.5. The van der Waals surface area contributed by atoms with Crippen LogP contribution >= 0.6 is 0 Å². The first-order valence-electron chi connectivity index (χ1n) is 8.14. The molecule has 1 aromatic carbocycles. The number of carbonyl (C=O) groups excluding carboxylic acids is 1. The van der Waals surface area contributed by atoms with Crippen molar-refractivity contribution in [3.63, 3.8) is 0 Å². The van der Waals surface area contributed by atoms with E-state index in [1.54, 1.807) is 0 Å². The fraction of sp³-hybridized carbons (Fsp3) is 0.611. The summed E-state index contributed by atoms with van der Waals surface area (Å²) in [5.74, 6) is 1.07. The number of benzene rings is 1. The van der Waals surface area contributed by atoms with Crippen molar-refractivity contribution >= 4 is 11.6 Å². The highest BCUT2D eigenvalue weighted by atomic mass is 16.3. The molecule has 2 unspecified atom stereocenters. The van der Waals surface area contributed by atoms with Crippen molar-refractivity contribution in [3.05, 3.63) is 29.8 Å². The van der Waals surface area contributed by atoms with Crippen molar-refractivity contribution in [1.29, 1.82) is 0 Å². The molecule has 1 amide bonds. The summed E-state index contributed by atoms with van der Waals surface area (Å²) >= 11 is 0. The SMILES string of the molecule is CC(=O)Nc1cccc(C(C)NCC(CCO)CC(C)C)c1. The Labute approximate surface area is 134 Å². The van der Waals surface area contributed by atoms with E-state index in [9.17, 15) is 9.90 Å². The maximum Gasteiger partial charge on any atom is 0.221 e. The highest BCUT2D eigenvalue weighted by molar-refractivity contribution is 5.88. The zero-order chi connectivity index (χ0) is 16.5. The number of hydrogen-bond donors (Lipinski definition) is 3. The lowest BCUT2D eigenvalue weighted by Gasteiger charge is -2.22. The lowest BCUT2D eigenvalue weighted by Crippen LogP contribution is -2.27. The van der Waals surface area contributed by atoms with Crippen LogP contribution in [0.15, 0.2) is 24.3 Å². The predicted octanol–water partition coefficient (Wildman–Crippen LogP) is 3.34. The van der Waals surface area contributed by atoms with Crippen LogP contribution in [-0.4, -0.2) is 24.2 Å². The Balaban J connectivity index is 2.59. The third-order valence-electron chi connectivity index (χ3n) is 3.76. The van der Waals surface area contributed by atoms with Gasteiger partial charge in [-0.15, -0.1) is 0 Å². The van der Waals surface area contributed by atoms with Crippen LogP contribution in [0.4, 0.5) is 5.69 Å². The van der Waals surface area contributed by atoms with Crippen LogP contribution in [0, 0.1) is 11.8 Å². The Bertz CT molecular complexity index is 460. The van der Waals surface area contributed by atoms with E-state index in [4.69, 9.17) is 0 Å². The molecule has 0 aromatic heterocycles. The molecular weight excluding hydrogens is 276 g/mol. The average molecular weight is 306 g/mol. The van der Waals surface area contributed by atoms with Gasteiger partial charge in [0.25, 0.3) is 0 Å². The van der Waals surface area contributed by atoms with Gasteiger partial charge in [0.15, 0.2) is 0 Å². The molecule has 0 saturated carbocycles. The Morgan fingerprint density at radius 1 is 1.27 bits per heavy atom. The summed E-state index contributed by atoms with van der Waals surface area (Å²) in [6, 6.07) is 8.13. The van der Waals surface area contributed by atoms with Gasteiger partial charge in [-0.1, -0.05) is 26.0 Å². The van der Waals surface area contributed by atoms with E-state index in [0.29, 0.717) is 11.8 Å². The van der Waals surface area contributed by atoms with E-state index in [1.807, 2.05) is 18.2 Å². The third-order valence-corrected chi connectivity index (χ3v) is 3.76. The lowest BCUT2D eigenvalue weighted by molar-refractivity contribution is -0.114. The number of nitrogens with one attached hydrogen (secondary N) is 2.